The normalized spacial score (nSPS) is 10.7. The minimum atomic E-state index is -0.438. The van der Waals surface area contributed by atoms with Crippen molar-refractivity contribution in [3.05, 3.63) is 94.3 Å². The van der Waals surface area contributed by atoms with Gasteiger partial charge in [0.2, 0.25) is 0 Å². The average molecular weight is 356 g/mol. The highest BCUT2D eigenvalue weighted by atomic mass is 16.5. The molecule has 0 aliphatic rings. The molecule has 3 aromatic carbocycles. The minimum absolute atomic E-state index is 0.211. The maximum absolute atomic E-state index is 12.3. The second-order valence-corrected chi connectivity index (χ2v) is 6.22. The van der Waals surface area contributed by atoms with Crippen molar-refractivity contribution in [2.45, 2.75) is 6.92 Å². The Balaban J connectivity index is 1.66. The summed E-state index contributed by atoms with van der Waals surface area (Å²) >= 11 is 0. The maximum atomic E-state index is 12.3. The van der Waals surface area contributed by atoms with Crippen LogP contribution in [0.3, 0.4) is 0 Å². The molecule has 0 saturated heterocycles. The van der Waals surface area contributed by atoms with Crippen molar-refractivity contribution in [3.63, 3.8) is 0 Å². The second kappa shape index (κ2) is 6.88. The van der Waals surface area contributed by atoms with Crippen molar-refractivity contribution in [1.29, 1.82) is 0 Å². The monoisotopic (exact) mass is 356 g/mol. The van der Waals surface area contributed by atoms with Crippen molar-refractivity contribution < 1.29 is 9.53 Å². The first kappa shape index (κ1) is 16.7. The summed E-state index contributed by atoms with van der Waals surface area (Å²) in [7, 11) is 0. The largest absolute Gasteiger partial charge is 0.423 e. The van der Waals surface area contributed by atoms with Gasteiger partial charge in [0.15, 0.2) is 0 Å². The van der Waals surface area contributed by atoms with Crippen LogP contribution in [0, 0.1) is 6.92 Å². The summed E-state index contributed by atoms with van der Waals surface area (Å²) in [5.74, 6) is 0.368. The molecule has 0 saturated carbocycles. The lowest BCUT2D eigenvalue weighted by molar-refractivity contribution is 0.0735. The van der Waals surface area contributed by atoms with E-state index in [1.165, 1.54) is 0 Å². The summed E-state index contributed by atoms with van der Waals surface area (Å²) < 4.78 is 5.46. The van der Waals surface area contributed by atoms with Gasteiger partial charge in [-0.3, -0.25) is 4.79 Å². The number of aryl methyl sites for hydroxylation is 1. The Morgan fingerprint density at radius 2 is 1.74 bits per heavy atom. The number of ether oxygens (including phenoxy) is 1. The van der Waals surface area contributed by atoms with Crippen molar-refractivity contribution in [1.82, 2.24) is 9.97 Å². The Morgan fingerprint density at radius 1 is 0.963 bits per heavy atom. The molecule has 0 radical (unpaired) electrons. The van der Waals surface area contributed by atoms with Crippen LogP contribution in [-0.2, 0) is 0 Å². The molecule has 1 N–H and O–H groups in total. The van der Waals surface area contributed by atoms with Crippen molar-refractivity contribution in [2.24, 2.45) is 0 Å². The SMILES string of the molecule is Cc1ccc(C(=O)Oc2cccc(-c3nc4ccccc4c(=O)[nH]3)c2)cc1. The van der Waals surface area contributed by atoms with E-state index in [4.69, 9.17) is 4.74 Å². The molecular weight excluding hydrogens is 340 g/mol. The third kappa shape index (κ3) is 3.48. The minimum Gasteiger partial charge on any atom is -0.423 e. The fraction of sp³-hybridized carbons (Fsp3) is 0.0455. The number of para-hydroxylation sites is 1. The molecule has 4 aromatic rings. The first-order valence-electron chi connectivity index (χ1n) is 8.48. The molecular formula is C22H16N2O3. The van der Waals surface area contributed by atoms with Gasteiger partial charge in [0.05, 0.1) is 16.5 Å². The summed E-state index contributed by atoms with van der Waals surface area (Å²) in [4.78, 5) is 31.8. The summed E-state index contributed by atoms with van der Waals surface area (Å²) in [6.45, 7) is 1.95. The number of benzene rings is 3. The molecule has 27 heavy (non-hydrogen) atoms. The van der Waals surface area contributed by atoms with E-state index in [2.05, 4.69) is 9.97 Å². The molecule has 5 nitrogen and oxygen atoms in total. The number of carbonyl (C=O) groups excluding carboxylic acids is 1. The standard InChI is InChI=1S/C22H16N2O3/c1-14-9-11-15(12-10-14)22(26)27-17-6-4-5-16(13-17)20-23-19-8-3-2-7-18(19)21(25)24-20/h2-13H,1H3,(H,23,24,25). The lowest BCUT2D eigenvalue weighted by Crippen LogP contribution is -2.10. The van der Waals surface area contributed by atoms with E-state index in [1.54, 1.807) is 54.6 Å². The van der Waals surface area contributed by atoms with E-state index in [0.717, 1.165) is 5.56 Å². The van der Waals surface area contributed by atoms with Crippen LogP contribution < -0.4 is 10.3 Å². The quantitative estimate of drug-likeness (QED) is 0.443. The number of esters is 1. The number of H-pyrrole nitrogens is 1. The molecule has 5 heteroatoms. The number of aromatic nitrogens is 2. The van der Waals surface area contributed by atoms with E-state index in [1.807, 2.05) is 25.1 Å². The molecule has 0 bridgehead atoms. The predicted molar refractivity (Wildman–Crippen MR) is 104 cm³/mol. The van der Waals surface area contributed by atoms with E-state index in [-0.39, 0.29) is 5.56 Å². The van der Waals surface area contributed by atoms with Crippen LogP contribution in [-0.4, -0.2) is 15.9 Å². The van der Waals surface area contributed by atoms with Gasteiger partial charge in [-0.1, -0.05) is 42.0 Å². The Labute approximate surface area is 155 Å². The summed E-state index contributed by atoms with van der Waals surface area (Å²) in [5.41, 5.74) is 2.60. The van der Waals surface area contributed by atoms with Crippen LogP contribution in [0.25, 0.3) is 22.3 Å². The van der Waals surface area contributed by atoms with Gasteiger partial charge in [-0.25, -0.2) is 9.78 Å². The molecule has 0 atom stereocenters. The highest BCUT2D eigenvalue weighted by molar-refractivity contribution is 5.91. The fourth-order valence-corrected chi connectivity index (χ4v) is 2.79. The summed E-state index contributed by atoms with van der Waals surface area (Å²) in [6.07, 6.45) is 0. The fourth-order valence-electron chi connectivity index (χ4n) is 2.79. The number of carbonyl (C=O) groups is 1. The molecule has 0 spiro atoms. The van der Waals surface area contributed by atoms with Crippen molar-refractivity contribution in [3.8, 4) is 17.1 Å². The number of fused-ring (bicyclic) bond motifs is 1. The van der Waals surface area contributed by atoms with Crippen LogP contribution in [0.15, 0.2) is 77.6 Å². The second-order valence-electron chi connectivity index (χ2n) is 6.22. The third-order valence-electron chi connectivity index (χ3n) is 4.22. The van der Waals surface area contributed by atoms with Gasteiger partial charge >= 0.3 is 5.97 Å². The van der Waals surface area contributed by atoms with Gasteiger partial charge in [-0.15, -0.1) is 0 Å². The van der Waals surface area contributed by atoms with Crippen LogP contribution in [0.4, 0.5) is 0 Å². The van der Waals surface area contributed by atoms with Gasteiger partial charge < -0.3 is 9.72 Å². The molecule has 0 aliphatic heterocycles. The zero-order valence-electron chi connectivity index (χ0n) is 14.6. The van der Waals surface area contributed by atoms with E-state index in [9.17, 15) is 9.59 Å². The zero-order valence-corrected chi connectivity index (χ0v) is 14.6. The lowest BCUT2D eigenvalue weighted by atomic mass is 10.1. The highest BCUT2D eigenvalue weighted by Gasteiger charge is 2.10. The van der Waals surface area contributed by atoms with E-state index >= 15 is 0 Å². The summed E-state index contributed by atoms with van der Waals surface area (Å²) in [5, 5.41) is 0.531. The smallest absolute Gasteiger partial charge is 0.343 e. The number of hydrogen-bond acceptors (Lipinski definition) is 4. The van der Waals surface area contributed by atoms with Crippen LogP contribution in [0.5, 0.6) is 5.75 Å². The zero-order chi connectivity index (χ0) is 18.8. The number of rotatable bonds is 3. The van der Waals surface area contributed by atoms with Gasteiger partial charge in [-0.05, 0) is 43.3 Å². The summed E-state index contributed by atoms with van der Waals surface area (Å²) in [6, 6.07) is 21.2. The van der Waals surface area contributed by atoms with Gasteiger partial charge in [0.1, 0.15) is 11.6 Å². The number of hydrogen-bond donors (Lipinski definition) is 1. The Kier molecular flexibility index (Phi) is 4.26. The third-order valence-corrected chi connectivity index (χ3v) is 4.22. The Hall–Kier alpha value is -3.73. The predicted octanol–water partition coefficient (Wildman–Crippen LogP) is 4.12. The molecule has 1 aromatic heterocycles. The Morgan fingerprint density at radius 3 is 2.56 bits per heavy atom. The molecule has 0 fully saturated rings. The Bertz CT molecular complexity index is 1190. The van der Waals surface area contributed by atoms with E-state index < -0.39 is 5.97 Å². The molecule has 0 aliphatic carbocycles. The van der Waals surface area contributed by atoms with Crippen LogP contribution >= 0.6 is 0 Å². The molecule has 0 unspecified atom stereocenters. The number of aromatic amines is 1. The van der Waals surface area contributed by atoms with Crippen LogP contribution in [0.1, 0.15) is 15.9 Å². The van der Waals surface area contributed by atoms with Crippen molar-refractivity contribution in [2.75, 3.05) is 0 Å². The van der Waals surface area contributed by atoms with Gasteiger partial charge in [0.25, 0.3) is 5.56 Å². The average Bonchev–Trinajstić information content (AvgIpc) is 2.68. The topological polar surface area (TPSA) is 72.0 Å². The molecule has 132 valence electrons. The first-order valence-corrected chi connectivity index (χ1v) is 8.48. The van der Waals surface area contributed by atoms with E-state index in [0.29, 0.717) is 33.6 Å². The first-order chi connectivity index (χ1) is 13.1. The van der Waals surface area contributed by atoms with Crippen LogP contribution in [0.2, 0.25) is 0 Å². The maximum Gasteiger partial charge on any atom is 0.343 e. The lowest BCUT2D eigenvalue weighted by Gasteiger charge is -2.07. The number of nitrogens with one attached hydrogen (secondary N) is 1. The molecule has 4 rings (SSSR count). The van der Waals surface area contributed by atoms with Crippen molar-refractivity contribution >= 4 is 16.9 Å². The number of nitrogens with zero attached hydrogens (tertiary/aromatic N) is 1. The van der Waals surface area contributed by atoms with Gasteiger partial charge in [0, 0.05) is 5.56 Å². The molecule has 0 amide bonds. The van der Waals surface area contributed by atoms with Gasteiger partial charge in [-0.2, -0.15) is 0 Å². The molecule has 1 heterocycles. The highest BCUT2D eigenvalue weighted by Crippen LogP contribution is 2.22.